The monoisotopic (exact) mass is 259 g/mol. The second kappa shape index (κ2) is 5.64. The molecule has 0 aliphatic rings. The van der Waals surface area contributed by atoms with Gasteiger partial charge in [0.2, 0.25) is 0 Å². The summed E-state index contributed by atoms with van der Waals surface area (Å²) in [4.78, 5) is 0. The van der Waals surface area contributed by atoms with E-state index in [4.69, 9.17) is 0 Å². The van der Waals surface area contributed by atoms with Gasteiger partial charge in [0.1, 0.15) is 9.84 Å². The van der Waals surface area contributed by atoms with Gasteiger partial charge in [-0.15, -0.1) is 0 Å². The van der Waals surface area contributed by atoms with Crippen molar-refractivity contribution in [2.24, 2.45) is 0 Å². The van der Waals surface area contributed by atoms with Crippen LogP contribution in [0, 0.1) is 6.92 Å². The molecule has 0 unspecified atom stereocenters. The number of nitrogens with zero attached hydrogens (tertiary/aromatic N) is 2. The molecule has 0 radical (unpaired) electrons. The summed E-state index contributed by atoms with van der Waals surface area (Å²) < 4.78 is 23.9. The van der Waals surface area contributed by atoms with E-state index in [-0.39, 0.29) is 17.8 Å². The number of aromatic nitrogens is 2. The molecule has 17 heavy (non-hydrogen) atoms. The topological polar surface area (TPSA) is 64.0 Å². The van der Waals surface area contributed by atoms with E-state index in [2.05, 4.69) is 17.3 Å². The fourth-order valence-electron chi connectivity index (χ4n) is 1.53. The minimum atomic E-state index is -2.89. The van der Waals surface area contributed by atoms with Gasteiger partial charge in [-0.3, -0.25) is 4.68 Å². The summed E-state index contributed by atoms with van der Waals surface area (Å²) in [5.41, 5.74) is 1.13. The minimum absolute atomic E-state index is 0.169. The lowest BCUT2D eigenvalue weighted by Crippen LogP contribution is -2.36. The van der Waals surface area contributed by atoms with Crippen LogP contribution in [0.1, 0.15) is 25.5 Å². The third kappa shape index (κ3) is 4.87. The zero-order chi connectivity index (χ0) is 13.1. The van der Waals surface area contributed by atoms with Crippen LogP contribution >= 0.6 is 0 Å². The van der Waals surface area contributed by atoms with Crippen LogP contribution in [0.3, 0.4) is 0 Å². The van der Waals surface area contributed by atoms with Gasteiger partial charge in [-0.05, 0) is 26.3 Å². The van der Waals surface area contributed by atoms with Crippen LogP contribution in [0.25, 0.3) is 0 Å². The van der Waals surface area contributed by atoms with Crippen LogP contribution < -0.4 is 5.32 Å². The molecule has 0 aliphatic heterocycles. The standard InChI is InChI=1S/C11H21N3O2S/c1-9-7-13-14(8-9)11(3)10(2)12-5-6-17(4,15)16/h7-8,10-12H,5-6H2,1-4H3/t10-,11+/m0/s1. The molecule has 1 aromatic rings. The van der Waals surface area contributed by atoms with Crippen molar-refractivity contribution >= 4 is 9.84 Å². The molecule has 0 bridgehead atoms. The molecule has 0 saturated carbocycles. The van der Waals surface area contributed by atoms with Gasteiger partial charge < -0.3 is 5.32 Å². The number of aryl methyl sites for hydroxylation is 1. The molecule has 6 heteroatoms. The number of hydrogen-bond donors (Lipinski definition) is 1. The van der Waals surface area contributed by atoms with E-state index < -0.39 is 9.84 Å². The Hall–Kier alpha value is -0.880. The van der Waals surface area contributed by atoms with E-state index >= 15 is 0 Å². The lowest BCUT2D eigenvalue weighted by atomic mass is 10.2. The smallest absolute Gasteiger partial charge is 0.148 e. The normalized spacial score (nSPS) is 15.8. The van der Waals surface area contributed by atoms with Crippen molar-refractivity contribution in [1.82, 2.24) is 15.1 Å². The highest BCUT2D eigenvalue weighted by Crippen LogP contribution is 2.10. The van der Waals surface area contributed by atoms with Gasteiger partial charge in [-0.1, -0.05) is 0 Å². The van der Waals surface area contributed by atoms with Crippen molar-refractivity contribution in [3.05, 3.63) is 18.0 Å². The first-order valence-electron chi connectivity index (χ1n) is 5.71. The number of rotatable bonds is 6. The Kier molecular flexibility index (Phi) is 4.70. The molecule has 0 saturated heterocycles. The molecular formula is C11H21N3O2S. The third-order valence-corrected chi connectivity index (χ3v) is 3.76. The Labute approximate surface area is 103 Å². The average molecular weight is 259 g/mol. The first-order valence-corrected chi connectivity index (χ1v) is 7.77. The number of nitrogens with one attached hydrogen (secondary N) is 1. The van der Waals surface area contributed by atoms with Gasteiger partial charge in [-0.2, -0.15) is 5.10 Å². The van der Waals surface area contributed by atoms with Crippen molar-refractivity contribution in [3.8, 4) is 0 Å². The van der Waals surface area contributed by atoms with E-state index in [9.17, 15) is 8.42 Å². The van der Waals surface area contributed by atoms with Crippen LogP contribution in [0.4, 0.5) is 0 Å². The Bertz CT molecular complexity index is 453. The highest BCUT2D eigenvalue weighted by molar-refractivity contribution is 7.90. The zero-order valence-electron chi connectivity index (χ0n) is 10.8. The van der Waals surface area contributed by atoms with Crippen LogP contribution in [0.2, 0.25) is 0 Å². The molecule has 1 rings (SSSR count). The second-order valence-electron chi connectivity index (χ2n) is 4.61. The molecule has 1 aromatic heterocycles. The SMILES string of the molecule is Cc1cnn([C@H](C)[C@H](C)NCCS(C)(=O)=O)c1. The Morgan fingerprint density at radius 1 is 1.47 bits per heavy atom. The molecule has 0 fully saturated rings. The molecule has 98 valence electrons. The molecule has 1 heterocycles. The zero-order valence-corrected chi connectivity index (χ0v) is 11.7. The maximum absolute atomic E-state index is 11.0. The summed E-state index contributed by atoms with van der Waals surface area (Å²) in [6.45, 7) is 6.57. The van der Waals surface area contributed by atoms with Crippen molar-refractivity contribution in [2.45, 2.75) is 32.9 Å². The predicted octanol–water partition coefficient (Wildman–Crippen LogP) is 0.775. The van der Waals surface area contributed by atoms with Crippen molar-refractivity contribution < 1.29 is 8.42 Å². The van der Waals surface area contributed by atoms with Gasteiger partial charge in [-0.25, -0.2) is 8.42 Å². The second-order valence-corrected chi connectivity index (χ2v) is 6.87. The number of sulfone groups is 1. The Balaban J connectivity index is 2.45. The minimum Gasteiger partial charge on any atom is -0.311 e. The van der Waals surface area contributed by atoms with Crippen LogP contribution in [-0.2, 0) is 9.84 Å². The number of hydrogen-bond acceptors (Lipinski definition) is 4. The molecular weight excluding hydrogens is 238 g/mol. The summed E-state index contributed by atoms with van der Waals surface area (Å²) in [6.07, 6.45) is 5.05. The molecule has 0 spiro atoms. The van der Waals surface area contributed by atoms with E-state index in [1.165, 1.54) is 6.26 Å². The van der Waals surface area contributed by atoms with Crippen molar-refractivity contribution in [2.75, 3.05) is 18.6 Å². The largest absolute Gasteiger partial charge is 0.311 e. The van der Waals surface area contributed by atoms with Gasteiger partial charge in [0.25, 0.3) is 0 Å². The summed E-state index contributed by atoms with van der Waals surface area (Å²) in [7, 11) is -2.89. The van der Waals surface area contributed by atoms with Gasteiger partial charge >= 0.3 is 0 Å². The fourth-order valence-corrected chi connectivity index (χ4v) is 2.02. The van der Waals surface area contributed by atoms with Gasteiger partial charge in [0, 0.05) is 25.0 Å². The third-order valence-electron chi connectivity index (χ3n) is 2.81. The lowest BCUT2D eigenvalue weighted by molar-refractivity contribution is 0.372. The summed E-state index contributed by atoms with van der Waals surface area (Å²) in [5.74, 6) is 0.169. The maximum atomic E-state index is 11.0. The molecule has 0 amide bonds. The highest BCUT2D eigenvalue weighted by Gasteiger charge is 2.14. The molecule has 1 N–H and O–H groups in total. The first kappa shape index (κ1) is 14.2. The van der Waals surface area contributed by atoms with E-state index in [1.807, 2.05) is 30.9 Å². The summed E-state index contributed by atoms with van der Waals surface area (Å²) in [5, 5.41) is 7.46. The fraction of sp³-hybridized carbons (Fsp3) is 0.727. The van der Waals surface area contributed by atoms with Crippen LogP contribution in [0.5, 0.6) is 0 Å². The Morgan fingerprint density at radius 2 is 2.12 bits per heavy atom. The van der Waals surface area contributed by atoms with Crippen molar-refractivity contribution in [3.63, 3.8) is 0 Å². The molecule has 0 aliphatic carbocycles. The average Bonchev–Trinajstić information content (AvgIpc) is 2.61. The quantitative estimate of drug-likeness (QED) is 0.820. The van der Waals surface area contributed by atoms with Gasteiger partial charge in [0.15, 0.2) is 0 Å². The van der Waals surface area contributed by atoms with Crippen molar-refractivity contribution in [1.29, 1.82) is 0 Å². The van der Waals surface area contributed by atoms with E-state index in [0.29, 0.717) is 6.54 Å². The maximum Gasteiger partial charge on any atom is 0.148 e. The first-order chi connectivity index (χ1) is 7.79. The van der Waals surface area contributed by atoms with E-state index in [0.717, 1.165) is 5.56 Å². The van der Waals surface area contributed by atoms with Gasteiger partial charge in [0.05, 0.1) is 18.0 Å². The summed E-state index contributed by atoms with van der Waals surface area (Å²) >= 11 is 0. The van der Waals surface area contributed by atoms with E-state index in [1.54, 1.807) is 0 Å². The van der Waals surface area contributed by atoms with Crippen LogP contribution in [-0.4, -0.2) is 42.8 Å². The summed E-state index contributed by atoms with van der Waals surface area (Å²) in [6, 6.07) is 0.374. The lowest BCUT2D eigenvalue weighted by Gasteiger charge is -2.21. The molecule has 0 aromatic carbocycles. The Morgan fingerprint density at radius 3 is 2.59 bits per heavy atom. The van der Waals surface area contributed by atoms with Crippen LogP contribution in [0.15, 0.2) is 12.4 Å². The predicted molar refractivity (Wildman–Crippen MR) is 68.9 cm³/mol. The highest BCUT2D eigenvalue weighted by atomic mass is 32.2. The molecule has 5 nitrogen and oxygen atoms in total. The molecule has 2 atom stereocenters.